The first-order chi connectivity index (χ1) is 29.9. The molecule has 1 N–H and O–H groups in total. The van der Waals surface area contributed by atoms with Crippen LogP contribution in [0.2, 0.25) is 0 Å². The number of aliphatic hydroxyl groups is 1. The van der Waals surface area contributed by atoms with Gasteiger partial charge in [-0.1, -0.05) is 19.6 Å². The van der Waals surface area contributed by atoms with Crippen molar-refractivity contribution >= 4 is 62.6 Å². The van der Waals surface area contributed by atoms with Crippen LogP contribution in [0.5, 0.6) is 0 Å². The maximum absolute atomic E-state index is 11.8. The smallest absolute Gasteiger partial charge is 0.410 e. The van der Waals surface area contributed by atoms with Crippen LogP contribution in [0.15, 0.2) is 12.2 Å². The van der Waals surface area contributed by atoms with E-state index in [2.05, 4.69) is 25.1 Å². The topological polar surface area (TPSA) is 228 Å². The Morgan fingerprint density at radius 2 is 0.955 bits per heavy atom. The summed E-state index contributed by atoms with van der Waals surface area (Å²) in [6, 6.07) is 0. The third kappa shape index (κ3) is 36.6. The zero-order valence-corrected chi connectivity index (χ0v) is 48.1. The number of carbonyl (C=O) groups is 4. The third-order valence-corrected chi connectivity index (χ3v) is 9.28. The first-order valence-corrected chi connectivity index (χ1v) is 26.1. The number of halogens is 1. The molecule has 5 rings (SSSR count). The van der Waals surface area contributed by atoms with Gasteiger partial charge in [-0.2, -0.15) is 8.42 Å². The normalized spacial score (nSPS) is 19.9. The first kappa shape index (κ1) is 67.1. The molecule has 5 aliphatic rings. The van der Waals surface area contributed by atoms with E-state index in [-0.39, 0.29) is 81.2 Å². The molecule has 67 heavy (non-hydrogen) atoms. The molecule has 2 unspecified atom stereocenters. The summed E-state index contributed by atoms with van der Waals surface area (Å²) < 4.78 is 77.2. The SMILES string of the molecule is C.CC(C)(C)OC(=O)N1CC=CCC1.CC(C)(C)OC(=O)N1CCC(O)CC1.CC(C)(C)OC(=O)N1CCC(OS(C)(=O)=O)CC1.CC(C)(C)OC(=O)N1CCC2OC2C1.CS(=O)(=O)Cl.[2H][B].[U]. The van der Waals surface area contributed by atoms with Crippen LogP contribution in [0.1, 0.15) is 129 Å². The fraction of sp³-hybridized carbons (Fsp3) is 0.860. The van der Waals surface area contributed by atoms with Crippen molar-refractivity contribution in [2.75, 3.05) is 64.9 Å². The van der Waals surface area contributed by atoms with Crippen molar-refractivity contribution in [3.63, 3.8) is 0 Å². The van der Waals surface area contributed by atoms with Gasteiger partial charge >= 0.3 is 24.4 Å². The zero-order chi connectivity index (χ0) is 51.5. The number of likely N-dealkylation sites (tertiary alicyclic amines) is 3. The molecular weight excluding hydrogens is 1160 g/mol. The van der Waals surface area contributed by atoms with E-state index < -0.39 is 41.6 Å². The minimum Gasteiger partial charge on any atom is -0.444 e. The summed E-state index contributed by atoms with van der Waals surface area (Å²) in [6.07, 6.45) is 9.27. The van der Waals surface area contributed by atoms with Gasteiger partial charge in [0.25, 0.3) is 10.1 Å². The Bertz CT molecular complexity index is 1750. The van der Waals surface area contributed by atoms with Gasteiger partial charge in [0, 0.05) is 96.0 Å². The number of hydrogen-bond acceptors (Lipinski definition) is 15. The van der Waals surface area contributed by atoms with Crippen LogP contribution < -0.4 is 0 Å². The van der Waals surface area contributed by atoms with Crippen molar-refractivity contribution in [1.82, 2.24) is 19.6 Å². The Morgan fingerprint density at radius 3 is 1.28 bits per heavy atom. The zero-order valence-electron chi connectivity index (χ0n) is 42.6. The molecule has 2 atom stereocenters. The van der Waals surface area contributed by atoms with E-state index >= 15 is 0 Å². The molecule has 0 aromatic rings. The van der Waals surface area contributed by atoms with Crippen molar-refractivity contribution < 1.29 is 100 Å². The van der Waals surface area contributed by atoms with Crippen molar-refractivity contribution in [1.29, 1.82) is 1.34 Å². The van der Waals surface area contributed by atoms with E-state index in [0.717, 1.165) is 38.4 Å². The number of epoxide rings is 1. The van der Waals surface area contributed by atoms with E-state index in [9.17, 15) is 41.1 Å². The van der Waals surface area contributed by atoms with Gasteiger partial charge in [0.15, 0.2) is 0 Å². The molecule has 2 radical (unpaired) electrons. The Morgan fingerprint density at radius 1 is 0.612 bits per heavy atom. The van der Waals surface area contributed by atoms with E-state index in [4.69, 9.17) is 29.2 Å². The van der Waals surface area contributed by atoms with Gasteiger partial charge in [-0.25, -0.2) is 27.6 Å². The minimum atomic E-state index is -3.42. The molecule has 0 saturated carbocycles. The predicted molar refractivity (Wildman–Crippen MR) is 257 cm³/mol. The second kappa shape index (κ2) is 30.0. The fourth-order valence-corrected chi connectivity index (χ4v) is 6.58. The Kier molecular flexibility index (Phi) is 30.1. The molecule has 24 heteroatoms. The quantitative estimate of drug-likeness (QED) is 0.0778. The Labute approximate surface area is 433 Å². The van der Waals surface area contributed by atoms with Gasteiger partial charge in [-0.3, -0.25) is 4.18 Å². The van der Waals surface area contributed by atoms with Crippen LogP contribution in [0.25, 0.3) is 0 Å². The van der Waals surface area contributed by atoms with Crippen LogP contribution in [0.4, 0.5) is 19.2 Å². The summed E-state index contributed by atoms with van der Waals surface area (Å²) in [5, 5.41) is 9.26. The van der Waals surface area contributed by atoms with Gasteiger partial charge in [-0.15, -0.1) is 0 Å². The summed E-state index contributed by atoms with van der Waals surface area (Å²) in [5.74, 6) is 0. The number of aliphatic hydroxyl groups excluding tert-OH is 1. The van der Waals surface area contributed by atoms with Crippen LogP contribution >= 0.6 is 10.7 Å². The molecule has 4 fully saturated rings. The van der Waals surface area contributed by atoms with Gasteiger partial charge in [0.2, 0.25) is 9.05 Å². The molecule has 0 aromatic carbocycles. The summed E-state index contributed by atoms with van der Waals surface area (Å²) in [4.78, 5) is 53.1. The molecule has 0 aliphatic carbocycles. The van der Waals surface area contributed by atoms with E-state index in [1.54, 1.807) is 19.6 Å². The van der Waals surface area contributed by atoms with Crippen LogP contribution in [0.3, 0.4) is 0 Å². The number of carbonyl (C=O) groups excluding carboxylic acids is 4. The predicted octanol–water partition coefficient (Wildman–Crippen LogP) is 6.49. The molecule has 0 spiro atoms. The number of amides is 4. The number of ether oxygens (including phenoxy) is 5. The average molecular weight is 1240 g/mol. The minimum absolute atomic E-state index is 0. The second-order valence-corrected chi connectivity index (χ2v) is 24.6. The number of hydrogen-bond donors (Lipinski definition) is 1. The van der Waals surface area contributed by atoms with Crippen molar-refractivity contribution in [2.24, 2.45) is 0 Å². The van der Waals surface area contributed by atoms with Gasteiger partial charge in [0.1, 0.15) is 28.5 Å². The largest absolute Gasteiger partial charge is 0.444 e. The van der Waals surface area contributed by atoms with E-state index in [1.807, 2.05) is 89.2 Å². The van der Waals surface area contributed by atoms with Crippen molar-refractivity contribution in [3.8, 4) is 0 Å². The van der Waals surface area contributed by atoms with Crippen molar-refractivity contribution in [2.45, 2.75) is 176 Å². The number of nitrogens with zero attached hydrogens (tertiary/aromatic N) is 4. The van der Waals surface area contributed by atoms with E-state index in [1.165, 1.54) is 0 Å². The van der Waals surface area contributed by atoms with Gasteiger partial charge < -0.3 is 48.4 Å². The molecule has 4 amide bonds. The van der Waals surface area contributed by atoms with Crippen molar-refractivity contribution in [3.05, 3.63) is 12.2 Å². The average Bonchev–Trinajstić information content (AvgIpc) is 3.93. The van der Waals surface area contributed by atoms with Gasteiger partial charge in [-0.05, 0) is 123 Å². The maximum Gasteiger partial charge on any atom is 0.410 e. The number of fused-ring (bicyclic) bond motifs is 1. The maximum atomic E-state index is 11.8. The molecule has 0 aromatic heterocycles. The molecule has 390 valence electrons. The molecule has 0 bridgehead atoms. The first-order valence-electron chi connectivity index (χ1n) is 22.2. The second-order valence-electron chi connectivity index (χ2n) is 20.0. The summed E-state index contributed by atoms with van der Waals surface area (Å²) in [5.41, 5.74) is -1.75. The van der Waals surface area contributed by atoms with E-state index in [0.29, 0.717) is 71.1 Å². The molecule has 4 saturated heterocycles. The van der Waals surface area contributed by atoms with Crippen LogP contribution in [-0.4, -0.2) is 187 Å². The third-order valence-electron chi connectivity index (χ3n) is 8.65. The summed E-state index contributed by atoms with van der Waals surface area (Å²) in [6.45, 7) is 27.3. The van der Waals surface area contributed by atoms with Crippen LogP contribution in [-0.2, 0) is 47.0 Å². The molecule has 19 nitrogen and oxygen atoms in total. The summed E-state index contributed by atoms with van der Waals surface area (Å²) >= 11 is 0. The Hall–Kier alpha value is -1.99. The number of piperidine rings is 3. The summed E-state index contributed by atoms with van der Waals surface area (Å²) in [7, 11) is 1.63. The molecular formula is C43H82BClN4O15S2U. The van der Waals surface area contributed by atoms with Gasteiger partial charge in [0.05, 0.1) is 37.4 Å². The standard InChI is InChI=1S/C11H21NO5S.C10H17NO3.C10H19NO3.C10H17NO2.CH3ClO2S.CH4.BH.U/c1-11(2,3)16-10(13)12-7-5-9(6-8-12)17-18(4,14)15;1-10(2,3)14-9(12)11-5-4-7-8(6-11)13-7;1-10(2,3)14-9(13)11-6-4-8(12)5-7-11;1-10(2,3)13-9(12)11-7-5-4-6-8-11;1-5(2,3)4;;;/h9H,5-8H2,1-4H3;7-8H,4-6H2,1-3H3;8,12H,4-7H2,1-3H3;4-5H,6-8H2,1-3H3;1H3;1H4;1H;/i;;;;;;1D;. The fourth-order valence-electron chi connectivity index (χ4n) is 5.89. The van der Waals surface area contributed by atoms with Crippen LogP contribution in [0, 0.1) is 31.1 Å². The molecule has 5 aliphatic heterocycles. The Balaban J connectivity index is -0.000000788. The monoisotopic (exact) mass is 1240 g/mol. The molecule has 5 heterocycles. The number of rotatable bonds is 2.